The van der Waals surface area contributed by atoms with Crippen LogP contribution in [0.25, 0.3) is 11.0 Å². The monoisotopic (exact) mass is 366 g/mol. The van der Waals surface area contributed by atoms with Crippen LogP contribution in [-0.2, 0) is 4.79 Å². The van der Waals surface area contributed by atoms with Crippen molar-refractivity contribution in [3.63, 3.8) is 0 Å². The van der Waals surface area contributed by atoms with Crippen LogP contribution in [0.1, 0.15) is 38.2 Å². The Kier molecular flexibility index (Phi) is 5.06. The molecule has 1 saturated heterocycles. The molecule has 9 heteroatoms. The molecule has 0 spiro atoms. The maximum atomic E-state index is 13.5. The Hall–Kier alpha value is -2.71. The van der Waals surface area contributed by atoms with Gasteiger partial charge in [0.25, 0.3) is 0 Å². The Labute approximate surface area is 148 Å². The molecule has 1 aromatic heterocycles. The molecule has 7 nitrogen and oxygen atoms in total. The molecule has 140 valence electrons. The van der Waals surface area contributed by atoms with Crippen LogP contribution in [0.3, 0.4) is 0 Å². The quantitative estimate of drug-likeness (QED) is 0.871. The average molecular weight is 366 g/mol. The molecule has 1 fully saturated rings. The normalized spacial score (nSPS) is 18.9. The fourth-order valence-corrected chi connectivity index (χ4v) is 3.28. The van der Waals surface area contributed by atoms with Crippen LogP contribution < -0.4 is 5.32 Å². The van der Waals surface area contributed by atoms with Crippen molar-refractivity contribution in [1.29, 1.82) is 0 Å². The lowest BCUT2D eigenvalue weighted by molar-refractivity contribution is -0.143. The van der Waals surface area contributed by atoms with Gasteiger partial charge in [-0.2, -0.15) is 8.78 Å². The van der Waals surface area contributed by atoms with Gasteiger partial charge in [-0.3, -0.25) is 9.36 Å². The number of carbonyl (C=O) groups is 2. The Balaban J connectivity index is 1.78. The second-order valence-electron chi connectivity index (χ2n) is 6.40. The highest BCUT2D eigenvalue weighted by atomic mass is 19.3. The van der Waals surface area contributed by atoms with Gasteiger partial charge in [-0.25, -0.2) is 9.78 Å². The largest absolute Gasteiger partial charge is 0.481 e. The van der Waals surface area contributed by atoms with E-state index in [-0.39, 0.29) is 12.4 Å². The van der Waals surface area contributed by atoms with E-state index in [0.29, 0.717) is 30.4 Å². The summed E-state index contributed by atoms with van der Waals surface area (Å²) in [6, 6.07) is 5.31. The molecule has 1 aromatic carbocycles. The maximum absolute atomic E-state index is 13.5. The summed E-state index contributed by atoms with van der Waals surface area (Å²) >= 11 is 0. The Morgan fingerprint density at radius 2 is 2.08 bits per heavy atom. The lowest BCUT2D eigenvalue weighted by atomic mass is 9.99. The van der Waals surface area contributed by atoms with Gasteiger partial charge in [-0.1, -0.05) is 12.1 Å². The van der Waals surface area contributed by atoms with Crippen LogP contribution in [0.15, 0.2) is 24.3 Å². The van der Waals surface area contributed by atoms with E-state index in [9.17, 15) is 18.4 Å². The summed E-state index contributed by atoms with van der Waals surface area (Å²) < 4.78 is 27.8. The number of para-hydroxylation sites is 2. The van der Waals surface area contributed by atoms with Gasteiger partial charge >= 0.3 is 18.5 Å². The van der Waals surface area contributed by atoms with Crippen molar-refractivity contribution in [1.82, 2.24) is 19.8 Å². The van der Waals surface area contributed by atoms with Gasteiger partial charge in [-0.15, -0.1) is 0 Å². The molecule has 2 heterocycles. The molecule has 26 heavy (non-hydrogen) atoms. The molecule has 2 atom stereocenters. The molecule has 0 radical (unpaired) electrons. The van der Waals surface area contributed by atoms with Gasteiger partial charge in [0.2, 0.25) is 0 Å². The van der Waals surface area contributed by atoms with Crippen molar-refractivity contribution in [2.24, 2.45) is 5.92 Å². The van der Waals surface area contributed by atoms with Crippen molar-refractivity contribution in [3.8, 4) is 0 Å². The zero-order chi connectivity index (χ0) is 18.8. The molecule has 0 aliphatic carbocycles. The number of aliphatic carboxylic acids is 1. The van der Waals surface area contributed by atoms with Crippen LogP contribution in [0.5, 0.6) is 0 Å². The molecular weight excluding hydrogens is 346 g/mol. The smallest absolute Gasteiger partial charge is 0.320 e. The van der Waals surface area contributed by atoms with E-state index in [1.54, 1.807) is 31.2 Å². The minimum Gasteiger partial charge on any atom is -0.481 e. The predicted octanol–water partition coefficient (Wildman–Crippen LogP) is 3.00. The molecule has 0 bridgehead atoms. The average Bonchev–Trinajstić information content (AvgIpc) is 3.01. The third-order valence-corrected chi connectivity index (χ3v) is 4.60. The molecule has 1 aliphatic heterocycles. The van der Waals surface area contributed by atoms with Crippen molar-refractivity contribution in [3.05, 3.63) is 30.1 Å². The molecule has 2 unspecified atom stereocenters. The number of urea groups is 1. The zero-order valence-corrected chi connectivity index (χ0v) is 14.2. The SMILES string of the molecule is CC(NC(=O)N1CCCC(C(=O)O)C1)c1nc2ccccc2n1C(F)F. The van der Waals surface area contributed by atoms with Gasteiger partial charge in [0.15, 0.2) is 0 Å². The molecule has 2 amide bonds. The first-order chi connectivity index (χ1) is 12.4. The Morgan fingerprint density at radius 1 is 1.35 bits per heavy atom. The Morgan fingerprint density at radius 3 is 2.77 bits per heavy atom. The van der Waals surface area contributed by atoms with Crippen LogP contribution >= 0.6 is 0 Å². The van der Waals surface area contributed by atoms with Crippen LogP contribution in [0.2, 0.25) is 0 Å². The number of hydrogen-bond acceptors (Lipinski definition) is 3. The minimum atomic E-state index is -2.79. The standard InChI is InChI=1S/C17H20F2N4O3/c1-10(20-17(26)22-8-4-5-11(9-22)15(24)25)14-21-12-6-2-3-7-13(12)23(14)16(18)19/h2-3,6-7,10-11,16H,4-5,8-9H2,1H3,(H,20,26)(H,24,25). The summed E-state index contributed by atoms with van der Waals surface area (Å²) in [5.41, 5.74) is 0.718. The first-order valence-corrected chi connectivity index (χ1v) is 8.41. The number of halogens is 2. The number of benzene rings is 1. The summed E-state index contributed by atoms with van der Waals surface area (Å²) in [7, 11) is 0. The summed E-state index contributed by atoms with van der Waals surface area (Å²) in [5.74, 6) is -1.48. The number of nitrogens with one attached hydrogen (secondary N) is 1. The molecule has 3 rings (SSSR count). The number of carboxylic acid groups (broad SMARTS) is 1. The van der Waals surface area contributed by atoms with Crippen LogP contribution in [-0.4, -0.2) is 44.6 Å². The van der Waals surface area contributed by atoms with E-state index >= 15 is 0 Å². The third kappa shape index (κ3) is 3.47. The van der Waals surface area contributed by atoms with Gasteiger partial charge in [0.05, 0.1) is 23.0 Å². The van der Waals surface area contributed by atoms with E-state index in [0.717, 1.165) is 4.57 Å². The topological polar surface area (TPSA) is 87.5 Å². The number of amides is 2. The number of likely N-dealkylation sites (tertiary alicyclic amines) is 1. The van der Waals surface area contributed by atoms with Crippen LogP contribution in [0, 0.1) is 5.92 Å². The fraction of sp³-hybridized carbons (Fsp3) is 0.471. The first-order valence-electron chi connectivity index (χ1n) is 8.41. The third-order valence-electron chi connectivity index (χ3n) is 4.60. The van der Waals surface area contributed by atoms with Gasteiger partial charge in [-0.05, 0) is 31.9 Å². The van der Waals surface area contributed by atoms with Gasteiger partial charge in [0, 0.05) is 13.1 Å². The van der Waals surface area contributed by atoms with E-state index in [1.807, 2.05) is 0 Å². The van der Waals surface area contributed by atoms with Crippen LogP contribution in [0.4, 0.5) is 13.6 Å². The van der Waals surface area contributed by atoms with Gasteiger partial charge in [0.1, 0.15) is 5.82 Å². The number of imidazole rings is 1. The summed E-state index contributed by atoms with van der Waals surface area (Å²) in [5, 5.41) is 11.8. The number of fused-ring (bicyclic) bond motifs is 1. The van der Waals surface area contributed by atoms with Crippen molar-refractivity contribution in [2.75, 3.05) is 13.1 Å². The highest BCUT2D eigenvalue weighted by molar-refractivity contribution is 5.78. The number of hydrogen-bond donors (Lipinski definition) is 2. The minimum absolute atomic E-state index is 0.0568. The Bertz CT molecular complexity index is 823. The van der Waals surface area contributed by atoms with E-state index in [2.05, 4.69) is 10.3 Å². The lowest BCUT2D eigenvalue weighted by Gasteiger charge is -2.31. The molecule has 2 aromatic rings. The number of alkyl halides is 2. The highest BCUT2D eigenvalue weighted by Crippen LogP contribution is 2.27. The summed E-state index contributed by atoms with van der Waals surface area (Å²) in [6.45, 7) is -0.660. The van der Waals surface area contributed by atoms with Crippen molar-refractivity contribution < 1.29 is 23.5 Å². The number of carboxylic acids is 1. The van der Waals surface area contributed by atoms with E-state index in [1.165, 1.54) is 4.90 Å². The maximum Gasteiger partial charge on any atom is 0.320 e. The number of carbonyl (C=O) groups excluding carboxylic acids is 1. The second-order valence-corrected chi connectivity index (χ2v) is 6.40. The highest BCUT2D eigenvalue weighted by Gasteiger charge is 2.30. The van der Waals surface area contributed by atoms with Crippen molar-refractivity contribution >= 4 is 23.0 Å². The van der Waals surface area contributed by atoms with Gasteiger partial charge < -0.3 is 15.3 Å². The molecule has 2 N–H and O–H groups in total. The van der Waals surface area contributed by atoms with E-state index < -0.39 is 30.5 Å². The molecule has 0 saturated carbocycles. The van der Waals surface area contributed by atoms with E-state index in [4.69, 9.17) is 5.11 Å². The zero-order valence-electron chi connectivity index (χ0n) is 14.2. The number of piperidine rings is 1. The number of nitrogens with zero attached hydrogens (tertiary/aromatic N) is 3. The molecular formula is C17H20F2N4O3. The number of aromatic nitrogens is 2. The predicted molar refractivity (Wildman–Crippen MR) is 89.9 cm³/mol. The summed E-state index contributed by atoms with van der Waals surface area (Å²) in [6.07, 6.45) is 1.12. The van der Waals surface area contributed by atoms with Crippen molar-refractivity contribution in [2.45, 2.75) is 32.4 Å². The first kappa shape index (κ1) is 18.1. The number of rotatable bonds is 4. The summed E-state index contributed by atoms with van der Waals surface area (Å²) in [4.78, 5) is 29.2. The lowest BCUT2D eigenvalue weighted by Crippen LogP contribution is -2.47. The fourth-order valence-electron chi connectivity index (χ4n) is 3.28. The molecule has 1 aliphatic rings. The second kappa shape index (κ2) is 7.27.